The van der Waals surface area contributed by atoms with Crippen LogP contribution in [0.1, 0.15) is 12.6 Å². The number of aliphatic hydroxyl groups is 1. The maximum absolute atomic E-state index is 12.5. The molecule has 0 aliphatic carbocycles. The summed E-state index contributed by atoms with van der Waals surface area (Å²) in [4.78, 5) is 3.52. The van der Waals surface area contributed by atoms with Gasteiger partial charge in [0.15, 0.2) is 12.4 Å². The highest BCUT2D eigenvalue weighted by Crippen LogP contribution is 2.37. The molecule has 1 N–H and O–H groups in total. The fraction of sp³-hybridized carbons (Fsp3) is 0.500. The molecule has 1 heterocycles. The Bertz CT molecular complexity index is 362. The van der Waals surface area contributed by atoms with E-state index in [-0.39, 0.29) is 12.5 Å². The van der Waals surface area contributed by atoms with Crippen LogP contribution < -0.4 is 4.74 Å². The molecule has 96 valence electrons. The van der Waals surface area contributed by atoms with Crippen LogP contribution in [0.5, 0.6) is 5.75 Å². The van der Waals surface area contributed by atoms with Crippen LogP contribution in [0.3, 0.4) is 0 Å². The third kappa shape index (κ3) is 3.07. The minimum Gasteiger partial charge on any atom is -0.466 e. The molecule has 0 saturated carbocycles. The van der Waals surface area contributed by atoms with E-state index < -0.39 is 17.5 Å². The van der Waals surface area contributed by atoms with Crippen LogP contribution in [-0.4, -0.2) is 30.2 Å². The van der Waals surface area contributed by atoms with E-state index in [9.17, 15) is 18.3 Å². The smallest absolute Gasteiger partial charge is 0.422 e. The molecule has 0 aliphatic rings. The van der Waals surface area contributed by atoms with Gasteiger partial charge in [-0.15, -0.1) is 0 Å². The summed E-state index contributed by atoms with van der Waals surface area (Å²) in [7, 11) is 1.41. The molecule has 0 radical (unpaired) electrons. The Morgan fingerprint density at radius 3 is 2.41 bits per heavy atom. The second-order valence-corrected chi connectivity index (χ2v) is 3.50. The SMILES string of the molecule is COCOc1ccc(C(C)(O)C(F)(F)F)nc1. The van der Waals surface area contributed by atoms with Gasteiger partial charge in [-0.2, -0.15) is 13.2 Å². The normalized spacial score (nSPS) is 15.4. The van der Waals surface area contributed by atoms with E-state index in [1.807, 2.05) is 0 Å². The molecule has 1 atom stereocenters. The molecule has 0 fully saturated rings. The quantitative estimate of drug-likeness (QED) is 0.829. The Balaban J connectivity index is 2.87. The number of methoxy groups -OCH3 is 1. The zero-order chi connectivity index (χ0) is 13.1. The van der Waals surface area contributed by atoms with E-state index in [1.54, 1.807) is 0 Å². The molecule has 1 aromatic heterocycles. The van der Waals surface area contributed by atoms with Gasteiger partial charge in [-0.25, -0.2) is 0 Å². The molecule has 7 heteroatoms. The van der Waals surface area contributed by atoms with E-state index in [2.05, 4.69) is 9.72 Å². The van der Waals surface area contributed by atoms with Crippen molar-refractivity contribution in [2.75, 3.05) is 13.9 Å². The molecule has 0 spiro atoms. The molecule has 4 nitrogen and oxygen atoms in total. The van der Waals surface area contributed by atoms with Gasteiger partial charge < -0.3 is 14.6 Å². The minimum atomic E-state index is -4.78. The van der Waals surface area contributed by atoms with Gasteiger partial charge in [-0.1, -0.05) is 0 Å². The highest BCUT2D eigenvalue weighted by Gasteiger charge is 2.52. The minimum absolute atomic E-state index is 0.0311. The number of halogens is 3. The third-order valence-corrected chi connectivity index (χ3v) is 2.13. The first kappa shape index (κ1) is 13.7. The maximum Gasteiger partial charge on any atom is 0.422 e. The van der Waals surface area contributed by atoms with E-state index in [4.69, 9.17) is 4.74 Å². The lowest BCUT2D eigenvalue weighted by Crippen LogP contribution is -2.39. The van der Waals surface area contributed by atoms with Crippen LogP contribution in [0.25, 0.3) is 0 Å². The number of rotatable bonds is 4. The lowest BCUT2D eigenvalue weighted by atomic mass is 10.0. The van der Waals surface area contributed by atoms with Gasteiger partial charge >= 0.3 is 6.18 Å². The first-order valence-corrected chi connectivity index (χ1v) is 4.66. The highest BCUT2D eigenvalue weighted by molar-refractivity contribution is 5.23. The summed E-state index contributed by atoms with van der Waals surface area (Å²) in [6.45, 7) is 0.613. The molecule has 17 heavy (non-hydrogen) atoms. The second kappa shape index (κ2) is 4.89. The highest BCUT2D eigenvalue weighted by atomic mass is 19.4. The maximum atomic E-state index is 12.5. The van der Waals surface area contributed by atoms with E-state index in [1.165, 1.54) is 13.2 Å². The predicted molar refractivity (Wildman–Crippen MR) is 52.4 cm³/mol. The predicted octanol–water partition coefficient (Wildman–Crippen LogP) is 1.83. The van der Waals surface area contributed by atoms with Gasteiger partial charge in [-0.3, -0.25) is 4.98 Å². The summed E-state index contributed by atoms with van der Waals surface area (Å²) in [5.74, 6) is 0.258. The Kier molecular flexibility index (Phi) is 3.94. The molecule has 0 amide bonds. The number of hydrogen-bond acceptors (Lipinski definition) is 4. The van der Waals surface area contributed by atoms with Gasteiger partial charge in [-0.05, 0) is 19.1 Å². The number of nitrogens with zero attached hydrogens (tertiary/aromatic N) is 1. The monoisotopic (exact) mass is 251 g/mol. The first-order chi connectivity index (χ1) is 7.79. The summed E-state index contributed by atoms with van der Waals surface area (Å²) in [5, 5.41) is 9.34. The topological polar surface area (TPSA) is 51.6 Å². The number of pyridine rings is 1. The van der Waals surface area contributed by atoms with Gasteiger partial charge in [0.25, 0.3) is 0 Å². The van der Waals surface area contributed by atoms with Gasteiger partial charge in [0.2, 0.25) is 0 Å². The van der Waals surface area contributed by atoms with Crippen molar-refractivity contribution in [3.8, 4) is 5.75 Å². The number of alkyl halides is 3. The average Bonchev–Trinajstić information content (AvgIpc) is 2.25. The number of hydrogen-bond donors (Lipinski definition) is 1. The molecule has 0 aliphatic heterocycles. The molecule has 1 rings (SSSR count). The van der Waals surface area contributed by atoms with Crippen LogP contribution in [0, 0.1) is 0 Å². The van der Waals surface area contributed by atoms with Crippen molar-refractivity contribution >= 4 is 0 Å². The van der Waals surface area contributed by atoms with Gasteiger partial charge in [0.05, 0.1) is 11.9 Å². The van der Waals surface area contributed by atoms with Crippen molar-refractivity contribution in [2.45, 2.75) is 18.7 Å². The van der Waals surface area contributed by atoms with E-state index >= 15 is 0 Å². The van der Waals surface area contributed by atoms with Gasteiger partial charge in [0, 0.05) is 7.11 Å². The van der Waals surface area contributed by atoms with E-state index in [0.29, 0.717) is 6.92 Å². The zero-order valence-corrected chi connectivity index (χ0v) is 9.28. The Hall–Kier alpha value is -1.34. The largest absolute Gasteiger partial charge is 0.466 e. The Morgan fingerprint density at radius 1 is 1.35 bits per heavy atom. The summed E-state index contributed by atoms with van der Waals surface area (Å²) in [6.07, 6.45) is -3.69. The van der Waals surface area contributed by atoms with Crippen molar-refractivity contribution in [1.29, 1.82) is 0 Å². The second-order valence-electron chi connectivity index (χ2n) is 3.50. The molecular weight excluding hydrogens is 239 g/mol. The fourth-order valence-corrected chi connectivity index (χ4v) is 1.03. The van der Waals surface area contributed by atoms with Crippen molar-refractivity contribution in [1.82, 2.24) is 4.98 Å². The molecule has 0 bridgehead atoms. The van der Waals surface area contributed by atoms with E-state index in [0.717, 1.165) is 12.3 Å². The van der Waals surface area contributed by atoms with Crippen LogP contribution >= 0.6 is 0 Å². The first-order valence-electron chi connectivity index (χ1n) is 4.66. The molecule has 1 aromatic rings. The van der Waals surface area contributed by atoms with Crippen molar-refractivity contribution in [3.05, 3.63) is 24.0 Å². The Labute approximate surface area is 96.0 Å². The summed E-state index contributed by atoms with van der Waals surface area (Å²) in [6, 6.07) is 2.33. The standard InChI is InChI=1S/C10H12F3NO3/c1-9(15,10(11,12)13)8-4-3-7(5-14-8)17-6-16-2/h3-5,15H,6H2,1-2H3. The lowest BCUT2D eigenvalue weighted by molar-refractivity contribution is -0.260. The van der Waals surface area contributed by atoms with Crippen LogP contribution in [0.15, 0.2) is 18.3 Å². The number of ether oxygens (including phenoxy) is 2. The van der Waals surface area contributed by atoms with Gasteiger partial charge in [0.1, 0.15) is 5.75 Å². The van der Waals surface area contributed by atoms with Crippen LogP contribution in [0.2, 0.25) is 0 Å². The number of aromatic nitrogens is 1. The average molecular weight is 251 g/mol. The Morgan fingerprint density at radius 2 is 2.00 bits per heavy atom. The fourth-order valence-electron chi connectivity index (χ4n) is 1.03. The van der Waals surface area contributed by atoms with Crippen LogP contribution in [0.4, 0.5) is 13.2 Å². The van der Waals surface area contributed by atoms with Crippen molar-refractivity contribution in [3.63, 3.8) is 0 Å². The summed E-state index contributed by atoms with van der Waals surface area (Å²) < 4.78 is 47.0. The summed E-state index contributed by atoms with van der Waals surface area (Å²) >= 11 is 0. The van der Waals surface area contributed by atoms with Crippen molar-refractivity contribution in [2.24, 2.45) is 0 Å². The molecule has 1 unspecified atom stereocenters. The van der Waals surface area contributed by atoms with Crippen LogP contribution in [-0.2, 0) is 10.3 Å². The lowest BCUT2D eigenvalue weighted by Gasteiger charge is -2.25. The molecular formula is C10H12F3NO3. The molecule has 0 saturated heterocycles. The zero-order valence-electron chi connectivity index (χ0n) is 9.28. The molecule has 0 aromatic carbocycles. The third-order valence-electron chi connectivity index (χ3n) is 2.13. The summed E-state index contributed by atoms with van der Waals surface area (Å²) in [5.41, 5.74) is -3.47. The van der Waals surface area contributed by atoms with Crippen molar-refractivity contribution < 1.29 is 27.8 Å².